The van der Waals surface area contributed by atoms with E-state index in [0.717, 1.165) is 32.4 Å². The minimum Gasteiger partial charge on any atom is -0.316 e. The number of hydrogen-bond acceptors (Lipinski definition) is 2. The van der Waals surface area contributed by atoms with E-state index in [9.17, 15) is 4.39 Å². The van der Waals surface area contributed by atoms with Gasteiger partial charge < -0.3 is 5.32 Å². The van der Waals surface area contributed by atoms with Crippen LogP contribution in [0.25, 0.3) is 0 Å². The van der Waals surface area contributed by atoms with Gasteiger partial charge in [-0.05, 0) is 84.0 Å². The number of hydrogen-bond donors (Lipinski definition) is 1. The zero-order chi connectivity index (χ0) is 15.1. The Balaban J connectivity index is 1.98. The molecule has 0 spiro atoms. The summed E-state index contributed by atoms with van der Waals surface area (Å²) in [5.41, 5.74) is 1.20. The molecule has 1 aromatic heterocycles. The lowest BCUT2D eigenvalue weighted by Gasteiger charge is -2.17. The highest BCUT2D eigenvalue weighted by atomic mass is 79.9. The summed E-state index contributed by atoms with van der Waals surface area (Å²) in [6.45, 7) is 4.23. The molecular weight excluding hydrogens is 349 g/mol. The molecule has 114 valence electrons. The van der Waals surface area contributed by atoms with Gasteiger partial charge in [0, 0.05) is 4.88 Å². The lowest BCUT2D eigenvalue weighted by Crippen LogP contribution is -2.26. The van der Waals surface area contributed by atoms with E-state index in [-0.39, 0.29) is 5.82 Å². The standard InChI is InChI=1S/C17H21BrFNS/c1-2-9-20-12-14(11-16-7-8-17(18)21-16)10-13-3-5-15(19)6-4-13/h3-8,14,20H,2,9-12H2,1H3. The molecule has 0 aliphatic rings. The van der Waals surface area contributed by atoms with Gasteiger partial charge in [0.2, 0.25) is 0 Å². The first-order valence-corrected chi connectivity index (χ1v) is 8.97. The molecule has 0 amide bonds. The van der Waals surface area contributed by atoms with Crippen LogP contribution in [0.5, 0.6) is 0 Å². The summed E-state index contributed by atoms with van der Waals surface area (Å²) >= 11 is 5.32. The van der Waals surface area contributed by atoms with Crippen LogP contribution in [0.2, 0.25) is 0 Å². The second-order valence-electron chi connectivity index (χ2n) is 5.31. The molecule has 1 nitrogen and oxygen atoms in total. The summed E-state index contributed by atoms with van der Waals surface area (Å²) in [6, 6.07) is 11.2. The lowest BCUT2D eigenvalue weighted by molar-refractivity contribution is 0.473. The van der Waals surface area contributed by atoms with Crippen LogP contribution in [-0.2, 0) is 12.8 Å². The molecule has 2 aromatic rings. The highest BCUT2D eigenvalue weighted by molar-refractivity contribution is 9.11. The molecule has 1 atom stereocenters. The van der Waals surface area contributed by atoms with Gasteiger partial charge in [-0.3, -0.25) is 0 Å². The van der Waals surface area contributed by atoms with E-state index in [1.165, 1.54) is 14.2 Å². The van der Waals surface area contributed by atoms with Crippen molar-refractivity contribution in [2.75, 3.05) is 13.1 Å². The number of halogens is 2. The van der Waals surface area contributed by atoms with Crippen LogP contribution >= 0.6 is 27.3 Å². The summed E-state index contributed by atoms with van der Waals surface area (Å²) in [4.78, 5) is 1.40. The first kappa shape index (κ1) is 16.7. The van der Waals surface area contributed by atoms with Gasteiger partial charge in [-0.15, -0.1) is 11.3 Å². The molecule has 0 saturated carbocycles. The van der Waals surface area contributed by atoms with Gasteiger partial charge in [0.15, 0.2) is 0 Å². The average Bonchev–Trinajstić information content (AvgIpc) is 2.87. The zero-order valence-electron chi connectivity index (χ0n) is 12.2. The fourth-order valence-corrected chi connectivity index (χ4v) is 4.00. The summed E-state index contributed by atoms with van der Waals surface area (Å²) in [5, 5.41) is 3.51. The van der Waals surface area contributed by atoms with E-state index in [2.05, 4.69) is 40.3 Å². The molecule has 0 saturated heterocycles. The van der Waals surface area contributed by atoms with Gasteiger partial charge >= 0.3 is 0 Å². The summed E-state index contributed by atoms with van der Waals surface area (Å²) in [6.07, 6.45) is 3.19. The molecule has 4 heteroatoms. The molecule has 1 unspecified atom stereocenters. The zero-order valence-corrected chi connectivity index (χ0v) is 14.6. The van der Waals surface area contributed by atoms with E-state index >= 15 is 0 Å². The topological polar surface area (TPSA) is 12.0 Å². The minimum absolute atomic E-state index is 0.165. The first-order chi connectivity index (χ1) is 10.2. The van der Waals surface area contributed by atoms with Crippen molar-refractivity contribution in [3.63, 3.8) is 0 Å². The smallest absolute Gasteiger partial charge is 0.123 e. The Morgan fingerprint density at radius 3 is 2.52 bits per heavy atom. The third-order valence-electron chi connectivity index (χ3n) is 3.42. The number of rotatable bonds is 8. The van der Waals surface area contributed by atoms with Crippen LogP contribution < -0.4 is 5.32 Å². The van der Waals surface area contributed by atoms with Crippen molar-refractivity contribution in [2.45, 2.75) is 26.2 Å². The monoisotopic (exact) mass is 369 g/mol. The Kier molecular flexibility index (Phi) is 6.87. The summed E-state index contributed by atoms with van der Waals surface area (Å²) in [7, 11) is 0. The Hall–Kier alpha value is -0.710. The van der Waals surface area contributed by atoms with E-state index in [0.29, 0.717) is 5.92 Å². The van der Waals surface area contributed by atoms with Gasteiger partial charge in [0.25, 0.3) is 0 Å². The summed E-state index contributed by atoms with van der Waals surface area (Å²) in [5.74, 6) is 0.370. The maximum Gasteiger partial charge on any atom is 0.123 e. The SMILES string of the molecule is CCCNCC(Cc1ccc(F)cc1)Cc1ccc(Br)s1. The Morgan fingerprint density at radius 2 is 1.90 bits per heavy atom. The molecule has 1 heterocycles. The fourth-order valence-electron chi connectivity index (χ4n) is 2.40. The Bertz CT molecular complexity index is 538. The van der Waals surface area contributed by atoms with E-state index in [1.54, 1.807) is 23.5 Å². The van der Waals surface area contributed by atoms with Crippen LogP contribution in [0.3, 0.4) is 0 Å². The highest BCUT2D eigenvalue weighted by Gasteiger charge is 2.12. The molecule has 21 heavy (non-hydrogen) atoms. The van der Waals surface area contributed by atoms with Crippen LogP contribution in [0, 0.1) is 11.7 Å². The van der Waals surface area contributed by atoms with Gasteiger partial charge in [-0.1, -0.05) is 19.1 Å². The number of nitrogens with one attached hydrogen (secondary N) is 1. The predicted molar refractivity (Wildman–Crippen MR) is 92.5 cm³/mol. The van der Waals surface area contributed by atoms with E-state index in [4.69, 9.17) is 0 Å². The lowest BCUT2D eigenvalue weighted by atomic mass is 9.95. The van der Waals surface area contributed by atoms with Gasteiger partial charge in [0.1, 0.15) is 5.82 Å². The largest absolute Gasteiger partial charge is 0.316 e. The van der Waals surface area contributed by atoms with Gasteiger partial charge in [0.05, 0.1) is 3.79 Å². The minimum atomic E-state index is -0.165. The average molecular weight is 370 g/mol. The van der Waals surface area contributed by atoms with Crippen LogP contribution in [0.4, 0.5) is 4.39 Å². The second kappa shape index (κ2) is 8.66. The Labute approximate surface area is 138 Å². The van der Waals surface area contributed by atoms with Crippen molar-refractivity contribution >= 4 is 27.3 Å². The molecule has 2 rings (SSSR count). The second-order valence-corrected chi connectivity index (χ2v) is 7.86. The highest BCUT2D eigenvalue weighted by Crippen LogP contribution is 2.25. The van der Waals surface area contributed by atoms with Gasteiger partial charge in [-0.2, -0.15) is 0 Å². The molecule has 1 N–H and O–H groups in total. The van der Waals surface area contributed by atoms with Crippen molar-refractivity contribution in [1.29, 1.82) is 0 Å². The molecular formula is C17H21BrFNS. The van der Waals surface area contributed by atoms with Crippen molar-refractivity contribution in [3.8, 4) is 0 Å². The van der Waals surface area contributed by atoms with Gasteiger partial charge in [-0.25, -0.2) is 4.39 Å². The number of benzene rings is 1. The number of thiophene rings is 1. The fraction of sp³-hybridized carbons (Fsp3) is 0.412. The third-order valence-corrected chi connectivity index (χ3v) is 5.06. The molecule has 0 fully saturated rings. The maximum absolute atomic E-state index is 13.0. The normalized spacial score (nSPS) is 12.5. The van der Waals surface area contributed by atoms with Crippen LogP contribution in [-0.4, -0.2) is 13.1 Å². The van der Waals surface area contributed by atoms with E-state index in [1.807, 2.05) is 12.1 Å². The first-order valence-electron chi connectivity index (χ1n) is 7.36. The maximum atomic E-state index is 13.0. The van der Waals surface area contributed by atoms with Crippen molar-refractivity contribution < 1.29 is 4.39 Å². The van der Waals surface area contributed by atoms with Crippen molar-refractivity contribution in [1.82, 2.24) is 5.32 Å². The molecule has 0 bridgehead atoms. The quantitative estimate of drug-likeness (QED) is 0.641. The van der Waals surface area contributed by atoms with Crippen LogP contribution in [0.1, 0.15) is 23.8 Å². The molecule has 0 aliphatic carbocycles. The molecule has 0 aliphatic heterocycles. The summed E-state index contributed by atoms with van der Waals surface area (Å²) < 4.78 is 14.2. The predicted octanol–water partition coefficient (Wildman–Crippen LogP) is 5.05. The van der Waals surface area contributed by atoms with Crippen LogP contribution in [0.15, 0.2) is 40.2 Å². The van der Waals surface area contributed by atoms with Crippen molar-refractivity contribution in [2.24, 2.45) is 5.92 Å². The Morgan fingerprint density at radius 1 is 1.14 bits per heavy atom. The molecule has 0 radical (unpaired) electrons. The van der Waals surface area contributed by atoms with E-state index < -0.39 is 0 Å². The molecule has 1 aromatic carbocycles. The van der Waals surface area contributed by atoms with Crippen molar-refractivity contribution in [3.05, 3.63) is 56.4 Å². The third kappa shape index (κ3) is 5.89.